The Kier molecular flexibility index (Phi) is 6.95. The third-order valence-electron chi connectivity index (χ3n) is 4.34. The van der Waals surface area contributed by atoms with E-state index in [4.69, 9.17) is 11.6 Å². The standard InChI is InChI=1S/C21H21ClN2O3S2/c1-2-24(16-7-4-3-5-8-16)29(26,27)18-10-11-20(22)19(15-18)21(25)23-13-12-17-9-6-14-28-17/h3-11,14-15H,2,12-13H2,1H3,(H,23,25). The summed E-state index contributed by atoms with van der Waals surface area (Å²) < 4.78 is 27.6. The van der Waals surface area contributed by atoms with Crippen LogP contribution in [0, 0.1) is 0 Å². The normalized spacial score (nSPS) is 11.2. The van der Waals surface area contributed by atoms with Crippen LogP contribution in [0.3, 0.4) is 0 Å². The van der Waals surface area contributed by atoms with E-state index < -0.39 is 15.9 Å². The van der Waals surface area contributed by atoms with Crippen LogP contribution in [0.15, 0.2) is 70.9 Å². The Balaban J connectivity index is 1.82. The number of para-hydroxylation sites is 1. The minimum absolute atomic E-state index is 0.0241. The van der Waals surface area contributed by atoms with Gasteiger partial charge in [-0.15, -0.1) is 11.3 Å². The van der Waals surface area contributed by atoms with Gasteiger partial charge in [0.25, 0.3) is 15.9 Å². The molecule has 152 valence electrons. The highest BCUT2D eigenvalue weighted by atomic mass is 35.5. The van der Waals surface area contributed by atoms with Crippen molar-refractivity contribution in [2.24, 2.45) is 0 Å². The highest BCUT2D eigenvalue weighted by molar-refractivity contribution is 7.92. The Morgan fingerprint density at radius 2 is 1.86 bits per heavy atom. The average Bonchev–Trinajstić information content (AvgIpc) is 3.23. The van der Waals surface area contributed by atoms with Gasteiger partial charge in [0.05, 0.1) is 21.2 Å². The lowest BCUT2D eigenvalue weighted by atomic mass is 10.2. The summed E-state index contributed by atoms with van der Waals surface area (Å²) in [4.78, 5) is 13.8. The molecular formula is C21H21ClN2O3S2. The molecule has 0 aliphatic carbocycles. The summed E-state index contributed by atoms with van der Waals surface area (Å²) in [6, 6.07) is 17.0. The number of carbonyl (C=O) groups is 1. The number of carbonyl (C=O) groups excluding carboxylic acids is 1. The van der Waals surface area contributed by atoms with Crippen LogP contribution in [0.2, 0.25) is 5.02 Å². The second-order valence-corrected chi connectivity index (χ2v) is 9.53. The minimum atomic E-state index is -3.84. The Bertz CT molecular complexity index is 1070. The van der Waals surface area contributed by atoms with Crippen molar-refractivity contribution in [3.8, 4) is 0 Å². The number of hydrogen-bond acceptors (Lipinski definition) is 4. The van der Waals surface area contributed by atoms with E-state index in [1.165, 1.54) is 22.5 Å². The van der Waals surface area contributed by atoms with Crippen LogP contribution in [-0.4, -0.2) is 27.4 Å². The Morgan fingerprint density at radius 1 is 1.10 bits per heavy atom. The third-order valence-corrected chi connectivity index (χ3v) is 7.50. The summed E-state index contributed by atoms with van der Waals surface area (Å²) in [5, 5.41) is 5.00. The van der Waals surface area contributed by atoms with Gasteiger partial charge in [-0.1, -0.05) is 35.9 Å². The van der Waals surface area contributed by atoms with E-state index in [0.717, 1.165) is 4.88 Å². The van der Waals surface area contributed by atoms with Crippen molar-refractivity contribution in [2.75, 3.05) is 17.4 Å². The van der Waals surface area contributed by atoms with E-state index in [2.05, 4.69) is 5.32 Å². The summed E-state index contributed by atoms with van der Waals surface area (Å²) in [6.07, 6.45) is 0.705. The second kappa shape index (κ2) is 9.43. The van der Waals surface area contributed by atoms with Crippen LogP contribution in [0.5, 0.6) is 0 Å². The zero-order valence-electron chi connectivity index (χ0n) is 15.8. The minimum Gasteiger partial charge on any atom is -0.352 e. The van der Waals surface area contributed by atoms with Crippen molar-refractivity contribution in [3.63, 3.8) is 0 Å². The van der Waals surface area contributed by atoms with Gasteiger partial charge in [0.2, 0.25) is 0 Å². The maximum atomic E-state index is 13.2. The van der Waals surface area contributed by atoms with E-state index >= 15 is 0 Å². The van der Waals surface area contributed by atoms with Crippen molar-refractivity contribution < 1.29 is 13.2 Å². The molecule has 0 bridgehead atoms. The molecule has 0 aliphatic heterocycles. The molecule has 0 saturated heterocycles. The number of hydrogen-bond donors (Lipinski definition) is 1. The second-order valence-electron chi connectivity index (χ2n) is 6.23. The zero-order chi connectivity index (χ0) is 20.9. The van der Waals surface area contributed by atoms with Crippen LogP contribution in [0.1, 0.15) is 22.2 Å². The fourth-order valence-corrected chi connectivity index (χ4v) is 5.31. The summed E-state index contributed by atoms with van der Waals surface area (Å²) >= 11 is 7.80. The predicted molar refractivity (Wildman–Crippen MR) is 118 cm³/mol. The lowest BCUT2D eigenvalue weighted by Crippen LogP contribution is -2.31. The predicted octanol–water partition coefficient (Wildman–Crippen LogP) is 4.59. The summed E-state index contributed by atoms with van der Waals surface area (Å²) in [5.41, 5.74) is 0.704. The van der Waals surface area contributed by atoms with E-state index in [-0.39, 0.29) is 22.0 Å². The van der Waals surface area contributed by atoms with Gasteiger partial charge in [0.1, 0.15) is 0 Å². The van der Waals surface area contributed by atoms with Gasteiger partial charge in [0.15, 0.2) is 0 Å². The highest BCUT2D eigenvalue weighted by Gasteiger charge is 2.25. The van der Waals surface area contributed by atoms with Crippen molar-refractivity contribution in [2.45, 2.75) is 18.2 Å². The van der Waals surface area contributed by atoms with Gasteiger partial charge < -0.3 is 5.32 Å². The van der Waals surface area contributed by atoms with E-state index in [1.54, 1.807) is 42.5 Å². The zero-order valence-corrected chi connectivity index (χ0v) is 18.2. The lowest BCUT2D eigenvalue weighted by Gasteiger charge is -2.23. The van der Waals surface area contributed by atoms with Gasteiger partial charge in [-0.3, -0.25) is 9.10 Å². The largest absolute Gasteiger partial charge is 0.352 e. The molecule has 2 aromatic carbocycles. The van der Waals surface area contributed by atoms with E-state index in [0.29, 0.717) is 18.7 Å². The van der Waals surface area contributed by atoms with Crippen LogP contribution < -0.4 is 9.62 Å². The molecule has 1 N–H and O–H groups in total. The number of sulfonamides is 1. The number of anilines is 1. The molecule has 3 aromatic rings. The molecule has 1 heterocycles. The molecule has 0 fully saturated rings. The van der Waals surface area contributed by atoms with Gasteiger partial charge in [-0.2, -0.15) is 0 Å². The van der Waals surface area contributed by atoms with Crippen molar-refractivity contribution in [1.29, 1.82) is 0 Å². The number of halogens is 1. The number of nitrogens with one attached hydrogen (secondary N) is 1. The van der Waals surface area contributed by atoms with Crippen molar-refractivity contribution in [1.82, 2.24) is 5.32 Å². The Labute approximate surface area is 180 Å². The van der Waals surface area contributed by atoms with Gasteiger partial charge in [-0.25, -0.2) is 8.42 Å². The first kappa shape index (κ1) is 21.4. The van der Waals surface area contributed by atoms with Gasteiger partial charge in [-0.05, 0) is 55.1 Å². The fraction of sp³-hybridized carbons (Fsp3) is 0.190. The van der Waals surface area contributed by atoms with Crippen LogP contribution in [0.25, 0.3) is 0 Å². The SMILES string of the molecule is CCN(c1ccccc1)S(=O)(=O)c1ccc(Cl)c(C(=O)NCCc2cccs2)c1. The van der Waals surface area contributed by atoms with Crippen LogP contribution >= 0.6 is 22.9 Å². The first-order valence-corrected chi connectivity index (χ1v) is 11.8. The third kappa shape index (κ3) is 4.98. The summed E-state index contributed by atoms with van der Waals surface area (Å²) in [6.45, 7) is 2.47. The molecular weight excluding hydrogens is 428 g/mol. The molecule has 0 radical (unpaired) electrons. The monoisotopic (exact) mass is 448 g/mol. The molecule has 0 spiro atoms. The lowest BCUT2D eigenvalue weighted by molar-refractivity contribution is 0.0954. The molecule has 29 heavy (non-hydrogen) atoms. The quantitative estimate of drug-likeness (QED) is 0.548. The number of rotatable bonds is 8. The summed E-state index contributed by atoms with van der Waals surface area (Å²) in [7, 11) is -3.84. The average molecular weight is 449 g/mol. The first-order valence-electron chi connectivity index (χ1n) is 9.11. The first-order chi connectivity index (χ1) is 13.9. The van der Waals surface area contributed by atoms with Crippen molar-refractivity contribution >= 4 is 44.6 Å². The Hall–Kier alpha value is -2.35. The molecule has 3 rings (SSSR count). The topological polar surface area (TPSA) is 66.5 Å². The summed E-state index contributed by atoms with van der Waals surface area (Å²) in [5.74, 6) is -0.397. The number of thiophene rings is 1. The molecule has 0 saturated carbocycles. The smallest absolute Gasteiger partial charge is 0.264 e. The van der Waals surface area contributed by atoms with Crippen LogP contribution in [0.4, 0.5) is 5.69 Å². The molecule has 0 unspecified atom stereocenters. The maximum Gasteiger partial charge on any atom is 0.264 e. The highest BCUT2D eigenvalue weighted by Crippen LogP contribution is 2.26. The molecule has 1 amide bonds. The van der Waals surface area contributed by atoms with E-state index in [1.807, 2.05) is 23.6 Å². The van der Waals surface area contributed by atoms with Gasteiger partial charge in [0, 0.05) is 18.0 Å². The number of amides is 1. The molecule has 0 atom stereocenters. The molecule has 1 aromatic heterocycles. The number of benzene rings is 2. The molecule has 5 nitrogen and oxygen atoms in total. The van der Waals surface area contributed by atoms with Gasteiger partial charge >= 0.3 is 0 Å². The molecule has 8 heteroatoms. The maximum absolute atomic E-state index is 13.2. The Morgan fingerprint density at radius 3 is 2.52 bits per heavy atom. The fourth-order valence-electron chi connectivity index (χ4n) is 2.90. The van der Waals surface area contributed by atoms with E-state index in [9.17, 15) is 13.2 Å². The number of nitrogens with zero attached hydrogens (tertiary/aromatic N) is 1. The molecule has 0 aliphatic rings. The van der Waals surface area contributed by atoms with Crippen molar-refractivity contribution in [3.05, 3.63) is 81.5 Å². The van der Waals surface area contributed by atoms with Crippen LogP contribution in [-0.2, 0) is 16.4 Å².